The van der Waals surface area contributed by atoms with Crippen LogP contribution in [-0.2, 0) is 0 Å². The van der Waals surface area contributed by atoms with Crippen LogP contribution in [-0.4, -0.2) is 59.4 Å². The number of β-amino-alcohol motifs (C(OH)–C–C–N with tert-alkyl or cyclic N) is 1. The Hall–Kier alpha value is -2.65. The monoisotopic (exact) mass is 480 g/mol. The van der Waals surface area contributed by atoms with Crippen LogP contribution in [0.3, 0.4) is 0 Å². The third kappa shape index (κ3) is 5.77. The molecule has 2 N–H and O–H groups in total. The molecule has 0 bridgehead atoms. The van der Waals surface area contributed by atoms with E-state index in [1.165, 1.54) is 12.1 Å². The van der Waals surface area contributed by atoms with Gasteiger partial charge in [0.1, 0.15) is 18.5 Å². The average molecular weight is 481 g/mol. The Bertz CT molecular complexity index is 1110. The number of anilines is 2. The largest absolute Gasteiger partial charge is 0.493 e. The van der Waals surface area contributed by atoms with Crippen molar-refractivity contribution in [1.82, 2.24) is 14.9 Å². The average Bonchev–Trinajstić information content (AvgIpc) is 3.26. The number of methoxy groups -OCH3 is 1. The number of benzene rings is 2. The van der Waals surface area contributed by atoms with Crippen molar-refractivity contribution in [3.05, 3.63) is 59.5 Å². The molecule has 1 aromatic heterocycles. The highest BCUT2D eigenvalue weighted by Crippen LogP contribution is 2.32. The molecule has 1 unspecified atom stereocenters. The predicted octanol–water partition coefficient (Wildman–Crippen LogP) is 4.21. The standard InChI is InChI=1S/C22H22ClFN4O3.ClH/c1-30-20-8-14-11-25-22(26-18-5-4-15(23)9-17(18)24)27-19(14)10-21(20)31-13-16(29)12-28-6-2-3-7-28;/h2-5,8-11,16,29H,6-7,12-13H2,1H3,(H,25,26,27);1H. The molecule has 3 aromatic rings. The van der Waals surface area contributed by atoms with Gasteiger partial charge in [-0.3, -0.25) is 4.90 Å². The zero-order valence-corrected chi connectivity index (χ0v) is 18.9. The topological polar surface area (TPSA) is 79.7 Å². The first-order valence-electron chi connectivity index (χ1n) is 9.77. The number of hydrogen-bond acceptors (Lipinski definition) is 7. The molecule has 7 nitrogen and oxygen atoms in total. The van der Waals surface area contributed by atoms with E-state index in [0.29, 0.717) is 28.6 Å². The zero-order chi connectivity index (χ0) is 21.8. The number of aliphatic hydroxyl groups is 1. The minimum atomic E-state index is -0.643. The van der Waals surface area contributed by atoms with Crippen LogP contribution in [0.4, 0.5) is 16.0 Å². The highest BCUT2D eigenvalue weighted by atomic mass is 35.5. The summed E-state index contributed by atoms with van der Waals surface area (Å²) < 4.78 is 25.3. The van der Waals surface area contributed by atoms with Crippen molar-refractivity contribution in [3.63, 3.8) is 0 Å². The van der Waals surface area contributed by atoms with E-state index >= 15 is 0 Å². The lowest BCUT2D eigenvalue weighted by atomic mass is 10.2. The molecule has 0 spiro atoms. The van der Waals surface area contributed by atoms with Crippen LogP contribution in [0.5, 0.6) is 11.5 Å². The molecule has 0 radical (unpaired) electrons. The molecule has 4 rings (SSSR count). The van der Waals surface area contributed by atoms with Gasteiger partial charge in [0.05, 0.1) is 18.3 Å². The Morgan fingerprint density at radius 3 is 2.72 bits per heavy atom. The van der Waals surface area contributed by atoms with Crippen LogP contribution in [0.15, 0.2) is 48.7 Å². The van der Waals surface area contributed by atoms with E-state index < -0.39 is 11.9 Å². The van der Waals surface area contributed by atoms with E-state index in [-0.39, 0.29) is 30.6 Å². The maximum absolute atomic E-state index is 14.1. The Balaban J connectivity index is 0.00000289. The maximum Gasteiger partial charge on any atom is 0.227 e. The second kappa shape index (κ2) is 10.8. The van der Waals surface area contributed by atoms with Crippen LogP contribution in [0.25, 0.3) is 10.9 Å². The fourth-order valence-electron chi connectivity index (χ4n) is 3.29. The molecule has 2 heterocycles. The summed E-state index contributed by atoms with van der Waals surface area (Å²) >= 11 is 5.79. The van der Waals surface area contributed by atoms with Crippen LogP contribution in [0, 0.1) is 5.82 Å². The van der Waals surface area contributed by atoms with E-state index in [1.54, 1.807) is 31.5 Å². The second-order valence-corrected chi connectivity index (χ2v) is 7.60. The predicted molar refractivity (Wildman–Crippen MR) is 125 cm³/mol. The molecule has 0 saturated carbocycles. The van der Waals surface area contributed by atoms with Crippen LogP contribution < -0.4 is 14.8 Å². The third-order valence-corrected chi connectivity index (χ3v) is 5.07. The summed E-state index contributed by atoms with van der Waals surface area (Å²) in [6, 6.07) is 7.78. The summed E-state index contributed by atoms with van der Waals surface area (Å²) in [5, 5.41) is 14.2. The van der Waals surface area contributed by atoms with Gasteiger partial charge in [0, 0.05) is 42.3 Å². The van der Waals surface area contributed by atoms with Gasteiger partial charge in [0.2, 0.25) is 5.95 Å². The Morgan fingerprint density at radius 1 is 1.22 bits per heavy atom. The number of fused-ring (bicyclic) bond motifs is 1. The minimum absolute atomic E-state index is 0. The van der Waals surface area contributed by atoms with Crippen molar-refractivity contribution >= 4 is 46.5 Å². The molecule has 1 aliphatic heterocycles. The van der Waals surface area contributed by atoms with Crippen LogP contribution in [0.1, 0.15) is 0 Å². The molecule has 1 aliphatic rings. The van der Waals surface area contributed by atoms with Gasteiger partial charge < -0.3 is 19.9 Å². The molecule has 10 heteroatoms. The van der Waals surface area contributed by atoms with Gasteiger partial charge in [0.15, 0.2) is 11.5 Å². The van der Waals surface area contributed by atoms with Crippen molar-refractivity contribution in [3.8, 4) is 11.5 Å². The number of hydrogen-bond donors (Lipinski definition) is 2. The highest BCUT2D eigenvalue weighted by molar-refractivity contribution is 6.30. The number of aromatic nitrogens is 2. The van der Waals surface area contributed by atoms with Crippen LogP contribution in [0.2, 0.25) is 5.02 Å². The molecule has 2 aromatic carbocycles. The maximum atomic E-state index is 14.1. The first-order valence-corrected chi connectivity index (χ1v) is 10.1. The lowest BCUT2D eigenvalue weighted by molar-refractivity contribution is 0.0762. The van der Waals surface area contributed by atoms with E-state index in [0.717, 1.165) is 18.5 Å². The second-order valence-electron chi connectivity index (χ2n) is 7.16. The Morgan fingerprint density at radius 2 is 2.00 bits per heavy atom. The molecule has 0 aliphatic carbocycles. The fourth-order valence-corrected chi connectivity index (χ4v) is 3.45. The number of halogens is 3. The van der Waals surface area contributed by atoms with Crippen molar-refractivity contribution in [1.29, 1.82) is 0 Å². The summed E-state index contributed by atoms with van der Waals surface area (Å²) in [6.07, 6.45) is 5.11. The Labute approximate surface area is 196 Å². The molecule has 32 heavy (non-hydrogen) atoms. The third-order valence-electron chi connectivity index (χ3n) is 4.84. The first kappa shape index (κ1) is 24.0. The SMILES string of the molecule is COc1cc2cnc(Nc3ccc(Cl)cc3F)nc2cc1OCC(O)CN1CC=CC1.Cl. The number of ether oxygens (including phenoxy) is 2. The van der Waals surface area contributed by atoms with Gasteiger partial charge in [-0.05, 0) is 24.3 Å². The minimum Gasteiger partial charge on any atom is -0.493 e. The van der Waals surface area contributed by atoms with Gasteiger partial charge in [-0.2, -0.15) is 0 Å². The van der Waals surface area contributed by atoms with Gasteiger partial charge in [-0.25, -0.2) is 14.4 Å². The lowest BCUT2D eigenvalue weighted by Crippen LogP contribution is -2.34. The van der Waals surface area contributed by atoms with Gasteiger partial charge >= 0.3 is 0 Å². The summed E-state index contributed by atoms with van der Waals surface area (Å²) in [5.41, 5.74) is 0.800. The van der Waals surface area contributed by atoms with Crippen molar-refractivity contribution in [2.75, 3.05) is 38.7 Å². The van der Waals surface area contributed by atoms with E-state index in [4.69, 9.17) is 21.1 Å². The van der Waals surface area contributed by atoms with Crippen molar-refractivity contribution in [2.24, 2.45) is 0 Å². The van der Waals surface area contributed by atoms with Crippen molar-refractivity contribution in [2.45, 2.75) is 6.10 Å². The van der Waals surface area contributed by atoms with E-state index in [9.17, 15) is 9.50 Å². The molecular formula is C22H23Cl2FN4O3. The fraction of sp³-hybridized carbons (Fsp3) is 0.273. The van der Waals surface area contributed by atoms with Crippen molar-refractivity contribution < 1.29 is 19.0 Å². The summed E-state index contributed by atoms with van der Waals surface area (Å²) in [5.74, 6) is 0.690. The first-order chi connectivity index (χ1) is 15.0. The number of aliphatic hydroxyl groups excluding tert-OH is 1. The summed E-state index contributed by atoms with van der Waals surface area (Å²) in [6.45, 7) is 2.30. The van der Waals surface area contributed by atoms with Crippen LogP contribution >= 0.6 is 24.0 Å². The molecule has 1 atom stereocenters. The zero-order valence-electron chi connectivity index (χ0n) is 17.3. The molecule has 0 saturated heterocycles. The highest BCUT2D eigenvalue weighted by Gasteiger charge is 2.15. The lowest BCUT2D eigenvalue weighted by Gasteiger charge is -2.20. The number of nitrogens with one attached hydrogen (secondary N) is 1. The normalized spacial score (nSPS) is 14.2. The molecular weight excluding hydrogens is 458 g/mol. The summed E-state index contributed by atoms with van der Waals surface area (Å²) in [4.78, 5) is 10.8. The molecule has 0 amide bonds. The van der Waals surface area contributed by atoms with Gasteiger partial charge in [0.25, 0.3) is 0 Å². The van der Waals surface area contributed by atoms with Gasteiger partial charge in [-0.1, -0.05) is 23.8 Å². The Kier molecular flexibility index (Phi) is 8.09. The molecule has 0 fully saturated rings. The van der Waals surface area contributed by atoms with E-state index in [2.05, 4.69) is 32.3 Å². The summed E-state index contributed by atoms with van der Waals surface area (Å²) in [7, 11) is 1.54. The smallest absolute Gasteiger partial charge is 0.227 e. The quantitative estimate of drug-likeness (QED) is 0.467. The number of rotatable bonds is 8. The number of nitrogens with zero attached hydrogens (tertiary/aromatic N) is 3. The molecule has 170 valence electrons. The van der Waals surface area contributed by atoms with Gasteiger partial charge in [-0.15, -0.1) is 12.4 Å². The van der Waals surface area contributed by atoms with E-state index in [1.807, 2.05) is 0 Å².